The maximum absolute atomic E-state index is 9.61. The summed E-state index contributed by atoms with van der Waals surface area (Å²) < 4.78 is 0. The van der Waals surface area contributed by atoms with Crippen molar-refractivity contribution < 1.29 is 25.5 Å². The summed E-state index contributed by atoms with van der Waals surface area (Å²) in [4.78, 5) is 0. The van der Waals surface area contributed by atoms with Gasteiger partial charge in [0.1, 0.15) is 18.3 Å². The van der Waals surface area contributed by atoms with Crippen LogP contribution in [0.4, 0.5) is 0 Å². The van der Waals surface area contributed by atoms with Gasteiger partial charge >= 0.3 is 0 Å². The molecule has 0 aliphatic heterocycles. The van der Waals surface area contributed by atoms with E-state index in [0.29, 0.717) is 0 Å². The SMILES string of the molecule is CCC(CC)NC[C@H](O)[C@@H](O)[C@H](O)[C@H](O)CO. The smallest absolute Gasteiger partial charge is 0.111 e. The Hall–Kier alpha value is -0.240. The highest BCUT2D eigenvalue weighted by molar-refractivity contribution is 4.82. The van der Waals surface area contributed by atoms with E-state index in [1.807, 2.05) is 13.8 Å². The second-order valence-electron chi connectivity index (χ2n) is 4.22. The molecule has 0 aromatic heterocycles. The maximum atomic E-state index is 9.61. The number of aliphatic hydroxyl groups is 5. The van der Waals surface area contributed by atoms with Crippen molar-refractivity contribution in [1.82, 2.24) is 5.32 Å². The standard InChI is InChI=1S/C11H25NO5/c1-3-7(4-2)12-5-8(14)10(16)11(17)9(15)6-13/h7-17H,3-6H2,1-2H3/t8-,9+,10+,11+/m0/s1. The normalized spacial score (nSPS) is 19.1. The Morgan fingerprint density at radius 1 is 0.882 bits per heavy atom. The number of aliphatic hydroxyl groups excluding tert-OH is 5. The topological polar surface area (TPSA) is 113 Å². The van der Waals surface area contributed by atoms with Crippen LogP contribution in [0, 0.1) is 0 Å². The largest absolute Gasteiger partial charge is 0.394 e. The van der Waals surface area contributed by atoms with E-state index in [1.54, 1.807) is 0 Å². The maximum Gasteiger partial charge on any atom is 0.111 e. The first-order valence-corrected chi connectivity index (χ1v) is 6.04. The molecule has 0 aliphatic carbocycles. The summed E-state index contributed by atoms with van der Waals surface area (Å²) in [5, 5.41) is 49.3. The van der Waals surface area contributed by atoms with Gasteiger partial charge in [0.05, 0.1) is 12.7 Å². The fourth-order valence-corrected chi connectivity index (χ4v) is 1.55. The molecule has 104 valence electrons. The van der Waals surface area contributed by atoms with E-state index < -0.39 is 31.0 Å². The van der Waals surface area contributed by atoms with Crippen molar-refractivity contribution in [2.24, 2.45) is 0 Å². The first kappa shape index (κ1) is 16.8. The highest BCUT2D eigenvalue weighted by atomic mass is 16.4. The third-order valence-electron chi connectivity index (χ3n) is 2.93. The van der Waals surface area contributed by atoms with Gasteiger partial charge in [-0.1, -0.05) is 13.8 Å². The lowest BCUT2D eigenvalue weighted by atomic mass is 10.0. The molecule has 0 amide bonds. The first-order valence-electron chi connectivity index (χ1n) is 6.04. The third-order valence-corrected chi connectivity index (χ3v) is 2.93. The van der Waals surface area contributed by atoms with Crippen LogP contribution in [0.5, 0.6) is 0 Å². The predicted octanol–water partition coefficient (Wildman–Crippen LogP) is -1.80. The van der Waals surface area contributed by atoms with E-state index >= 15 is 0 Å². The molecule has 0 fully saturated rings. The summed E-state index contributed by atoms with van der Waals surface area (Å²) in [5.41, 5.74) is 0. The summed E-state index contributed by atoms with van der Waals surface area (Å²) in [6, 6.07) is 0.247. The van der Waals surface area contributed by atoms with Gasteiger partial charge in [-0.2, -0.15) is 0 Å². The highest BCUT2D eigenvalue weighted by Crippen LogP contribution is 2.05. The number of nitrogens with one attached hydrogen (secondary N) is 1. The van der Waals surface area contributed by atoms with E-state index in [4.69, 9.17) is 10.2 Å². The molecule has 0 saturated heterocycles. The molecule has 4 atom stereocenters. The van der Waals surface area contributed by atoms with Crippen molar-refractivity contribution in [3.8, 4) is 0 Å². The van der Waals surface area contributed by atoms with Gasteiger partial charge in [-0.3, -0.25) is 0 Å². The summed E-state index contributed by atoms with van der Waals surface area (Å²) in [6.45, 7) is 3.48. The summed E-state index contributed by atoms with van der Waals surface area (Å²) >= 11 is 0. The van der Waals surface area contributed by atoms with Crippen molar-refractivity contribution in [2.45, 2.75) is 57.1 Å². The Balaban J connectivity index is 4.08. The molecule has 17 heavy (non-hydrogen) atoms. The van der Waals surface area contributed by atoms with Crippen LogP contribution in [0.25, 0.3) is 0 Å². The Bertz CT molecular complexity index is 189. The third kappa shape index (κ3) is 5.76. The van der Waals surface area contributed by atoms with Crippen LogP contribution < -0.4 is 5.32 Å². The zero-order valence-electron chi connectivity index (χ0n) is 10.5. The van der Waals surface area contributed by atoms with E-state index in [9.17, 15) is 15.3 Å². The molecule has 0 heterocycles. The van der Waals surface area contributed by atoms with Crippen molar-refractivity contribution in [1.29, 1.82) is 0 Å². The lowest BCUT2D eigenvalue weighted by Crippen LogP contribution is -2.50. The molecular formula is C11H25NO5. The van der Waals surface area contributed by atoms with Gasteiger partial charge in [-0.25, -0.2) is 0 Å². The number of hydrogen-bond donors (Lipinski definition) is 6. The lowest BCUT2D eigenvalue weighted by molar-refractivity contribution is -0.114. The molecule has 0 aromatic carbocycles. The van der Waals surface area contributed by atoms with Gasteiger partial charge in [0.15, 0.2) is 0 Å². The minimum Gasteiger partial charge on any atom is -0.394 e. The molecule has 6 heteroatoms. The molecule has 0 spiro atoms. The van der Waals surface area contributed by atoms with Gasteiger partial charge in [0.25, 0.3) is 0 Å². The van der Waals surface area contributed by atoms with Crippen LogP contribution in [0.1, 0.15) is 26.7 Å². The van der Waals surface area contributed by atoms with E-state index in [-0.39, 0.29) is 12.6 Å². The Labute approximate surface area is 102 Å². The average molecular weight is 251 g/mol. The zero-order valence-corrected chi connectivity index (χ0v) is 10.5. The number of rotatable bonds is 9. The van der Waals surface area contributed by atoms with Crippen LogP contribution in [-0.2, 0) is 0 Å². The Morgan fingerprint density at radius 2 is 1.35 bits per heavy atom. The molecule has 6 nitrogen and oxygen atoms in total. The van der Waals surface area contributed by atoms with Crippen molar-refractivity contribution in [3.05, 3.63) is 0 Å². The minimum atomic E-state index is -1.56. The molecule has 0 unspecified atom stereocenters. The Morgan fingerprint density at radius 3 is 1.76 bits per heavy atom. The van der Waals surface area contributed by atoms with Gasteiger partial charge in [0.2, 0.25) is 0 Å². The quantitative estimate of drug-likeness (QED) is 0.288. The second kappa shape index (κ2) is 8.79. The van der Waals surface area contributed by atoms with Gasteiger partial charge in [-0.15, -0.1) is 0 Å². The van der Waals surface area contributed by atoms with E-state index in [0.717, 1.165) is 12.8 Å². The Kier molecular flexibility index (Phi) is 8.67. The molecule has 0 saturated carbocycles. The van der Waals surface area contributed by atoms with Gasteiger partial charge in [0, 0.05) is 12.6 Å². The molecule has 6 N–H and O–H groups in total. The van der Waals surface area contributed by atoms with Crippen LogP contribution in [0.3, 0.4) is 0 Å². The van der Waals surface area contributed by atoms with Crippen LogP contribution >= 0.6 is 0 Å². The van der Waals surface area contributed by atoms with Gasteiger partial charge < -0.3 is 30.8 Å². The van der Waals surface area contributed by atoms with Crippen LogP contribution in [0.15, 0.2) is 0 Å². The van der Waals surface area contributed by atoms with Crippen molar-refractivity contribution >= 4 is 0 Å². The van der Waals surface area contributed by atoms with E-state index in [1.165, 1.54) is 0 Å². The van der Waals surface area contributed by atoms with Crippen LogP contribution in [-0.4, -0.2) is 69.1 Å². The molecule has 0 bridgehead atoms. The molecule has 0 aliphatic rings. The van der Waals surface area contributed by atoms with Gasteiger partial charge in [-0.05, 0) is 12.8 Å². The minimum absolute atomic E-state index is 0.128. The highest BCUT2D eigenvalue weighted by Gasteiger charge is 2.29. The second-order valence-corrected chi connectivity index (χ2v) is 4.22. The molecule has 0 aromatic rings. The van der Waals surface area contributed by atoms with Crippen LogP contribution in [0.2, 0.25) is 0 Å². The zero-order chi connectivity index (χ0) is 13.4. The molecular weight excluding hydrogens is 226 g/mol. The van der Waals surface area contributed by atoms with E-state index in [2.05, 4.69) is 5.32 Å². The fourth-order valence-electron chi connectivity index (χ4n) is 1.55. The fraction of sp³-hybridized carbons (Fsp3) is 1.00. The average Bonchev–Trinajstić information content (AvgIpc) is 2.36. The summed E-state index contributed by atoms with van der Waals surface area (Å²) in [5.74, 6) is 0. The first-order chi connectivity index (χ1) is 7.97. The summed E-state index contributed by atoms with van der Waals surface area (Å²) in [6.07, 6.45) is -3.88. The summed E-state index contributed by atoms with van der Waals surface area (Å²) in [7, 11) is 0. The monoisotopic (exact) mass is 251 g/mol. The molecule has 0 rings (SSSR count). The molecule has 0 radical (unpaired) electrons. The lowest BCUT2D eigenvalue weighted by Gasteiger charge is -2.27. The van der Waals surface area contributed by atoms with Crippen molar-refractivity contribution in [3.63, 3.8) is 0 Å². The predicted molar refractivity (Wildman–Crippen MR) is 63.5 cm³/mol. The van der Waals surface area contributed by atoms with Crippen molar-refractivity contribution in [2.75, 3.05) is 13.2 Å². The number of hydrogen-bond acceptors (Lipinski definition) is 6.